The van der Waals surface area contributed by atoms with Crippen LogP contribution in [-0.4, -0.2) is 11.0 Å². The van der Waals surface area contributed by atoms with Crippen molar-refractivity contribution in [1.29, 1.82) is 0 Å². The lowest BCUT2D eigenvalue weighted by Gasteiger charge is -2.12. The van der Waals surface area contributed by atoms with Crippen LogP contribution in [0.25, 0.3) is 0 Å². The minimum atomic E-state index is -0.234. The van der Waals surface area contributed by atoms with Crippen LogP contribution in [0.1, 0.15) is 11.1 Å². The van der Waals surface area contributed by atoms with E-state index in [1.54, 1.807) is 18.5 Å². The SMILES string of the molecule is NC(Cc1cccnc1)Cc1cc(F)ccc1Br. The van der Waals surface area contributed by atoms with Crippen LogP contribution < -0.4 is 5.73 Å². The van der Waals surface area contributed by atoms with Gasteiger partial charge in [-0.05, 0) is 48.2 Å². The molecule has 0 fully saturated rings. The number of hydrogen-bond acceptors (Lipinski definition) is 2. The fourth-order valence-electron chi connectivity index (χ4n) is 1.88. The van der Waals surface area contributed by atoms with Crippen LogP contribution in [0, 0.1) is 5.82 Å². The summed E-state index contributed by atoms with van der Waals surface area (Å²) in [4.78, 5) is 4.05. The highest BCUT2D eigenvalue weighted by molar-refractivity contribution is 9.10. The fraction of sp³-hybridized carbons (Fsp3) is 0.214. The molecule has 1 atom stereocenters. The van der Waals surface area contributed by atoms with Gasteiger partial charge in [-0.25, -0.2) is 4.39 Å². The van der Waals surface area contributed by atoms with Gasteiger partial charge in [0.05, 0.1) is 0 Å². The highest BCUT2D eigenvalue weighted by atomic mass is 79.9. The van der Waals surface area contributed by atoms with Gasteiger partial charge in [0.1, 0.15) is 5.82 Å². The molecule has 2 nitrogen and oxygen atoms in total. The maximum Gasteiger partial charge on any atom is 0.123 e. The molecule has 0 spiro atoms. The normalized spacial score (nSPS) is 12.4. The van der Waals surface area contributed by atoms with Crippen LogP contribution in [0.5, 0.6) is 0 Å². The molecule has 2 rings (SSSR count). The molecule has 94 valence electrons. The van der Waals surface area contributed by atoms with E-state index in [2.05, 4.69) is 20.9 Å². The number of nitrogens with two attached hydrogens (primary N) is 1. The molecule has 2 N–H and O–H groups in total. The van der Waals surface area contributed by atoms with Crippen LogP contribution in [0.2, 0.25) is 0 Å². The lowest BCUT2D eigenvalue weighted by atomic mass is 10.0. The maximum absolute atomic E-state index is 13.2. The average molecular weight is 309 g/mol. The first kappa shape index (κ1) is 13.2. The zero-order valence-corrected chi connectivity index (χ0v) is 11.4. The van der Waals surface area contributed by atoms with Crippen molar-refractivity contribution in [2.45, 2.75) is 18.9 Å². The van der Waals surface area contributed by atoms with Crippen molar-refractivity contribution in [3.05, 3.63) is 64.1 Å². The minimum absolute atomic E-state index is 0.0488. The van der Waals surface area contributed by atoms with E-state index in [-0.39, 0.29) is 11.9 Å². The van der Waals surface area contributed by atoms with Gasteiger partial charge in [-0.3, -0.25) is 4.98 Å². The molecular weight excluding hydrogens is 295 g/mol. The molecule has 1 aromatic heterocycles. The summed E-state index contributed by atoms with van der Waals surface area (Å²) in [5.74, 6) is -0.234. The van der Waals surface area contributed by atoms with Crippen molar-refractivity contribution in [3.63, 3.8) is 0 Å². The van der Waals surface area contributed by atoms with Gasteiger partial charge in [-0.15, -0.1) is 0 Å². The second-order valence-corrected chi connectivity index (χ2v) is 5.12. The van der Waals surface area contributed by atoms with Crippen molar-refractivity contribution in [1.82, 2.24) is 4.98 Å². The van der Waals surface area contributed by atoms with Crippen molar-refractivity contribution >= 4 is 15.9 Å². The molecule has 2 aromatic rings. The number of pyridine rings is 1. The Hall–Kier alpha value is -1.26. The van der Waals surface area contributed by atoms with Crippen LogP contribution in [-0.2, 0) is 12.8 Å². The van der Waals surface area contributed by atoms with Gasteiger partial charge in [0.15, 0.2) is 0 Å². The molecule has 1 heterocycles. The van der Waals surface area contributed by atoms with Crippen molar-refractivity contribution in [3.8, 4) is 0 Å². The van der Waals surface area contributed by atoms with E-state index in [4.69, 9.17) is 5.73 Å². The summed E-state index contributed by atoms with van der Waals surface area (Å²) in [5, 5.41) is 0. The molecular formula is C14H14BrFN2. The Bertz CT molecular complexity index is 516. The first-order chi connectivity index (χ1) is 8.65. The van der Waals surface area contributed by atoms with Crippen LogP contribution >= 0.6 is 15.9 Å². The van der Waals surface area contributed by atoms with Gasteiger partial charge in [0, 0.05) is 22.9 Å². The Balaban J connectivity index is 2.03. The minimum Gasteiger partial charge on any atom is -0.327 e. The zero-order chi connectivity index (χ0) is 13.0. The smallest absolute Gasteiger partial charge is 0.123 e. The first-order valence-electron chi connectivity index (χ1n) is 5.73. The largest absolute Gasteiger partial charge is 0.327 e. The average Bonchev–Trinajstić information content (AvgIpc) is 2.35. The summed E-state index contributed by atoms with van der Waals surface area (Å²) in [6, 6.07) is 8.50. The Morgan fingerprint density at radius 3 is 2.83 bits per heavy atom. The van der Waals surface area contributed by atoms with Crippen LogP contribution in [0.4, 0.5) is 4.39 Å². The summed E-state index contributed by atoms with van der Waals surface area (Å²) in [5.41, 5.74) is 8.08. The molecule has 0 saturated carbocycles. The van der Waals surface area contributed by atoms with E-state index in [1.165, 1.54) is 12.1 Å². The molecule has 0 bridgehead atoms. The Labute approximate surface area is 114 Å². The summed E-state index contributed by atoms with van der Waals surface area (Å²) in [7, 11) is 0. The lowest BCUT2D eigenvalue weighted by molar-refractivity contribution is 0.617. The van der Waals surface area contributed by atoms with E-state index in [0.717, 1.165) is 22.0 Å². The third kappa shape index (κ3) is 3.62. The Kier molecular flexibility index (Phi) is 4.44. The first-order valence-corrected chi connectivity index (χ1v) is 6.53. The van der Waals surface area contributed by atoms with Gasteiger partial charge >= 0.3 is 0 Å². The number of aromatic nitrogens is 1. The third-order valence-corrected chi connectivity index (χ3v) is 3.48. The molecule has 18 heavy (non-hydrogen) atoms. The number of hydrogen-bond donors (Lipinski definition) is 1. The summed E-state index contributed by atoms with van der Waals surface area (Å²) in [6.45, 7) is 0. The zero-order valence-electron chi connectivity index (χ0n) is 9.81. The summed E-state index contributed by atoms with van der Waals surface area (Å²) in [6.07, 6.45) is 4.91. The number of nitrogens with zero attached hydrogens (tertiary/aromatic N) is 1. The highest BCUT2D eigenvalue weighted by Crippen LogP contribution is 2.19. The highest BCUT2D eigenvalue weighted by Gasteiger charge is 2.09. The van der Waals surface area contributed by atoms with Crippen LogP contribution in [0.15, 0.2) is 47.2 Å². The van der Waals surface area contributed by atoms with E-state index in [0.29, 0.717) is 6.42 Å². The van der Waals surface area contributed by atoms with Gasteiger partial charge in [-0.1, -0.05) is 22.0 Å². The predicted octanol–water partition coefficient (Wildman–Crippen LogP) is 3.10. The summed E-state index contributed by atoms with van der Waals surface area (Å²) >= 11 is 3.41. The second-order valence-electron chi connectivity index (χ2n) is 4.27. The quantitative estimate of drug-likeness (QED) is 0.942. The molecule has 0 aliphatic rings. The van der Waals surface area contributed by atoms with Gasteiger partial charge in [-0.2, -0.15) is 0 Å². The Morgan fingerprint density at radius 2 is 2.11 bits per heavy atom. The van der Waals surface area contributed by atoms with E-state index < -0.39 is 0 Å². The summed E-state index contributed by atoms with van der Waals surface area (Å²) < 4.78 is 14.0. The van der Waals surface area contributed by atoms with E-state index in [1.807, 2.05) is 12.1 Å². The van der Waals surface area contributed by atoms with Crippen molar-refractivity contribution in [2.75, 3.05) is 0 Å². The number of benzene rings is 1. The second kappa shape index (κ2) is 6.07. The van der Waals surface area contributed by atoms with E-state index >= 15 is 0 Å². The standard InChI is InChI=1S/C14H14BrFN2/c15-14-4-3-12(16)7-11(14)8-13(17)6-10-2-1-5-18-9-10/h1-5,7,9,13H,6,8,17H2. The monoisotopic (exact) mass is 308 g/mol. The molecule has 0 aliphatic heterocycles. The van der Waals surface area contributed by atoms with E-state index in [9.17, 15) is 4.39 Å². The third-order valence-electron chi connectivity index (χ3n) is 2.71. The van der Waals surface area contributed by atoms with Crippen molar-refractivity contribution < 1.29 is 4.39 Å². The van der Waals surface area contributed by atoms with Crippen LogP contribution in [0.3, 0.4) is 0 Å². The van der Waals surface area contributed by atoms with Gasteiger partial charge in [0.2, 0.25) is 0 Å². The van der Waals surface area contributed by atoms with Crippen molar-refractivity contribution in [2.24, 2.45) is 5.73 Å². The molecule has 0 radical (unpaired) electrons. The molecule has 0 aliphatic carbocycles. The van der Waals surface area contributed by atoms with Gasteiger partial charge < -0.3 is 5.73 Å². The fourth-order valence-corrected chi connectivity index (χ4v) is 2.28. The van der Waals surface area contributed by atoms with Gasteiger partial charge in [0.25, 0.3) is 0 Å². The predicted molar refractivity (Wildman–Crippen MR) is 73.7 cm³/mol. The lowest BCUT2D eigenvalue weighted by Crippen LogP contribution is -2.25. The molecule has 0 amide bonds. The molecule has 0 saturated heterocycles. The topological polar surface area (TPSA) is 38.9 Å². The molecule has 4 heteroatoms. The number of halogens is 2. The molecule has 1 aromatic carbocycles. The maximum atomic E-state index is 13.2. The number of rotatable bonds is 4. The Morgan fingerprint density at radius 1 is 1.28 bits per heavy atom. The molecule has 1 unspecified atom stereocenters.